The summed E-state index contributed by atoms with van der Waals surface area (Å²) in [7, 11) is 0. The standard InChI is InChI=1S/C23H20N4O4/c1-13-8-20-21(30-7-6-29-20)10-15(13)16-9-18(27-23(26)17(16)11-24)14-4-2-3-5-19(14)31-12-22(25)28/h2-5,8-10H,6-7,12H2,1H3,(H2,25,28)(H2,26,27). The van der Waals surface area contributed by atoms with Crippen LogP contribution in [-0.2, 0) is 4.79 Å². The third kappa shape index (κ3) is 3.94. The maximum atomic E-state index is 11.2. The van der Waals surface area contributed by atoms with Gasteiger partial charge < -0.3 is 25.7 Å². The van der Waals surface area contributed by atoms with Crippen LogP contribution >= 0.6 is 0 Å². The molecule has 1 aliphatic rings. The molecule has 3 aromatic rings. The van der Waals surface area contributed by atoms with E-state index in [1.54, 1.807) is 24.3 Å². The zero-order valence-corrected chi connectivity index (χ0v) is 16.8. The number of hydrogen-bond donors (Lipinski definition) is 2. The van der Waals surface area contributed by atoms with Gasteiger partial charge in [-0.3, -0.25) is 4.79 Å². The molecule has 31 heavy (non-hydrogen) atoms. The van der Waals surface area contributed by atoms with Gasteiger partial charge in [-0.15, -0.1) is 0 Å². The molecule has 0 unspecified atom stereocenters. The van der Waals surface area contributed by atoms with Gasteiger partial charge in [0, 0.05) is 11.1 Å². The first-order chi connectivity index (χ1) is 15.0. The van der Waals surface area contributed by atoms with E-state index in [9.17, 15) is 10.1 Å². The normalized spacial score (nSPS) is 12.1. The fourth-order valence-electron chi connectivity index (χ4n) is 3.47. The Morgan fingerprint density at radius 2 is 1.84 bits per heavy atom. The summed E-state index contributed by atoms with van der Waals surface area (Å²) in [4.78, 5) is 15.6. The number of anilines is 1. The molecule has 1 amide bonds. The Kier molecular flexibility index (Phi) is 5.33. The smallest absolute Gasteiger partial charge is 0.255 e. The van der Waals surface area contributed by atoms with E-state index in [4.69, 9.17) is 25.7 Å². The molecule has 156 valence electrons. The van der Waals surface area contributed by atoms with Crippen LogP contribution in [0.15, 0.2) is 42.5 Å². The molecule has 1 aromatic heterocycles. The van der Waals surface area contributed by atoms with Crippen LogP contribution in [0, 0.1) is 18.3 Å². The summed E-state index contributed by atoms with van der Waals surface area (Å²) in [6.45, 7) is 2.60. The van der Waals surface area contributed by atoms with E-state index < -0.39 is 5.91 Å². The quantitative estimate of drug-likeness (QED) is 0.653. The maximum absolute atomic E-state index is 11.2. The highest BCUT2D eigenvalue weighted by atomic mass is 16.6. The number of carbonyl (C=O) groups excluding carboxylic acids is 1. The first-order valence-electron chi connectivity index (χ1n) is 9.59. The van der Waals surface area contributed by atoms with E-state index in [2.05, 4.69) is 11.1 Å². The van der Waals surface area contributed by atoms with Crippen LogP contribution in [0.2, 0.25) is 0 Å². The Bertz CT molecular complexity index is 1220. The minimum atomic E-state index is -0.588. The molecular formula is C23H20N4O4. The molecule has 2 aromatic carbocycles. The molecule has 0 saturated heterocycles. The number of hydrogen-bond acceptors (Lipinski definition) is 7. The van der Waals surface area contributed by atoms with Gasteiger partial charge in [0.1, 0.15) is 36.4 Å². The number of nitrogen functional groups attached to an aromatic ring is 1. The van der Waals surface area contributed by atoms with Gasteiger partial charge in [-0.2, -0.15) is 5.26 Å². The number of carbonyl (C=O) groups is 1. The fourth-order valence-corrected chi connectivity index (χ4v) is 3.47. The van der Waals surface area contributed by atoms with Gasteiger partial charge in [0.2, 0.25) is 0 Å². The van der Waals surface area contributed by atoms with Crippen molar-refractivity contribution in [3.05, 3.63) is 53.6 Å². The van der Waals surface area contributed by atoms with Crippen molar-refractivity contribution in [2.75, 3.05) is 25.6 Å². The fraction of sp³-hybridized carbons (Fsp3) is 0.174. The number of rotatable bonds is 5. The predicted octanol–water partition coefficient (Wildman–Crippen LogP) is 2.81. The van der Waals surface area contributed by atoms with Gasteiger partial charge in [-0.25, -0.2) is 4.98 Å². The van der Waals surface area contributed by atoms with Crippen LogP contribution in [0.4, 0.5) is 5.82 Å². The van der Waals surface area contributed by atoms with Gasteiger partial charge in [0.25, 0.3) is 5.91 Å². The highest BCUT2D eigenvalue weighted by molar-refractivity contribution is 5.84. The summed E-state index contributed by atoms with van der Waals surface area (Å²) < 4.78 is 16.9. The number of aromatic nitrogens is 1. The molecule has 8 nitrogen and oxygen atoms in total. The lowest BCUT2D eigenvalue weighted by Crippen LogP contribution is -2.20. The minimum Gasteiger partial charge on any atom is -0.486 e. The Hall–Kier alpha value is -4.25. The summed E-state index contributed by atoms with van der Waals surface area (Å²) in [5, 5.41) is 9.75. The first-order valence-corrected chi connectivity index (χ1v) is 9.59. The molecule has 0 atom stereocenters. The van der Waals surface area contributed by atoms with E-state index in [0.717, 1.165) is 11.1 Å². The van der Waals surface area contributed by atoms with E-state index in [1.165, 1.54) is 0 Å². The summed E-state index contributed by atoms with van der Waals surface area (Å²) in [6, 6.07) is 14.8. The number of nitriles is 1. The summed E-state index contributed by atoms with van der Waals surface area (Å²) >= 11 is 0. The predicted molar refractivity (Wildman–Crippen MR) is 115 cm³/mol. The first kappa shape index (κ1) is 20.0. The highest BCUT2D eigenvalue weighted by Gasteiger charge is 2.20. The number of fused-ring (bicyclic) bond motifs is 1. The zero-order chi connectivity index (χ0) is 22.0. The molecule has 1 aliphatic heterocycles. The summed E-state index contributed by atoms with van der Waals surface area (Å²) in [6.07, 6.45) is 0. The Morgan fingerprint density at radius 1 is 1.13 bits per heavy atom. The molecule has 0 saturated carbocycles. The second-order valence-corrected chi connectivity index (χ2v) is 6.99. The number of aryl methyl sites for hydroxylation is 1. The molecule has 4 N–H and O–H groups in total. The number of primary amides is 1. The monoisotopic (exact) mass is 416 g/mol. The largest absolute Gasteiger partial charge is 0.486 e. The second-order valence-electron chi connectivity index (χ2n) is 6.99. The molecule has 0 fully saturated rings. The van der Waals surface area contributed by atoms with Crippen molar-refractivity contribution in [2.24, 2.45) is 5.73 Å². The third-order valence-electron chi connectivity index (χ3n) is 4.87. The molecule has 0 aliphatic carbocycles. The van der Waals surface area contributed by atoms with Gasteiger partial charge in [-0.05, 0) is 48.4 Å². The van der Waals surface area contributed by atoms with Crippen molar-refractivity contribution in [3.8, 4) is 45.7 Å². The Labute approximate surface area is 179 Å². The number of nitrogens with zero attached hydrogens (tertiary/aromatic N) is 2. The highest BCUT2D eigenvalue weighted by Crippen LogP contribution is 2.41. The number of amides is 1. The Balaban J connectivity index is 1.87. The van der Waals surface area contributed by atoms with E-state index in [-0.39, 0.29) is 18.0 Å². The summed E-state index contributed by atoms with van der Waals surface area (Å²) in [5.41, 5.74) is 15.1. The van der Waals surface area contributed by atoms with Crippen LogP contribution in [0.3, 0.4) is 0 Å². The average Bonchev–Trinajstić information content (AvgIpc) is 2.77. The van der Waals surface area contributed by atoms with Crippen LogP contribution in [0.5, 0.6) is 17.2 Å². The van der Waals surface area contributed by atoms with Crippen LogP contribution in [-0.4, -0.2) is 30.7 Å². The molecule has 0 radical (unpaired) electrons. The molecule has 8 heteroatoms. The lowest BCUT2D eigenvalue weighted by atomic mass is 9.94. The van der Waals surface area contributed by atoms with E-state index >= 15 is 0 Å². The SMILES string of the molecule is Cc1cc2c(cc1-c1cc(-c3ccccc3OCC(N)=O)nc(N)c1C#N)OCCO2. The molecule has 4 rings (SSSR count). The Morgan fingerprint density at radius 3 is 2.55 bits per heavy atom. The lowest BCUT2D eigenvalue weighted by Gasteiger charge is -2.21. The molecular weight excluding hydrogens is 396 g/mol. The van der Waals surface area contributed by atoms with E-state index in [0.29, 0.717) is 47.3 Å². The summed E-state index contributed by atoms with van der Waals surface area (Å²) in [5.74, 6) is 1.21. The van der Waals surface area contributed by atoms with Gasteiger partial charge in [0.15, 0.2) is 18.1 Å². The van der Waals surface area contributed by atoms with Crippen molar-refractivity contribution in [3.63, 3.8) is 0 Å². The lowest BCUT2D eigenvalue weighted by molar-refractivity contribution is -0.119. The topological polar surface area (TPSA) is 133 Å². The molecule has 0 spiro atoms. The minimum absolute atomic E-state index is 0.0917. The van der Waals surface area contributed by atoms with Crippen molar-refractivity contribution in [2.45, 2.75) is 6.92 Å². The molecule has 0 bridgehead atoms. The number of pyridine rings is 1. The van der Waals surface area contributed by atoms with Crippen LogP contribution in [0.1, 0.15) is 11.1 Å². The average molecular weight is 416 g/mol. The van der Waals surface area contributed by atoms with E-state index in [1.807, 2.05) is 25.1 Å². The van der Waals surface area contributed by atoms with Crippen molar-refractivity contribution < 1.29 is 19.0 Å². The zero-order valence-electron chi connectivity index (χ0n) is 16.8. The second kappa shape index (κ2) is 8.24. The van der Waals surface area contributed by atoms with Crippen molar-refractivity contribution in [1.82, 2.24) is 4.98 Å². The van der Waals surface area contributed by atoms with Crippen molar-refractivity contribution in [1.29, 1.82) is 5.26 Å². The van der Waals surface area contributed by atoms with Crippen molar-refractivity contribution >= 4 is 11.7 Å². The van der Waals surface area contributed by atoms with Gasteiger partial charge in [-0.1, -0.05) is 12.1 Å². The van der Waals surface area contributed by atoms with Gasteiger partial charge >= 0.3 is 0 Å². The number of nitrogens with two attached hydrogens (primary N) is 2. The van der Waals surface area contributed by atoms with Crippen LogP contribution in [0.25, 0.3) is 22.4 Å². The molecule has 2 heterocycles. The van der Waals surface area contributed by atoms with Gasteiger partial charge in [0.05, 0.1) is 5.69 Å². The number of benzene rings is 2. The van der Waals surface area contributed by atoms with Crippen LogP contribution < -0.4 is 25.7 Å². The maximum Gasteiger partial charge on any atom is 0.255 e. The third-order valence-corrected chi connectivity index (χ3v) is 4.87. The number of ether oxygens (including phenoxy) is 3. The number of para-hydroxylation sites is 1.